The van der Waals surface area contributed by atoms with Crippen molar-refractivity contribution in [3.63, 3.8) is 0 Å². The van der Waals surface area contributed by atoms with Gasteiger partial charge in [-0.2, -0.15) is 5.26 Å². The van der Waals surface area contributed by atoms with Gasteiger partial charge in [-0.3, -0.25) is 0 Å². The van der Waals surface area contributed by atoms with Gasteiger partial charge in [-0.1, -0.05) is 27.5 Å². The number of hydrogen-bond acceptors (Lipinski definition) is 3. The fraction of sp³-hybridized carbons (Fsp3) is 0.0769. The zero-order valence-electron chi connectivity index (χ0n) is 9.54. The van der Waals surface area contributed by atoms with Crippen LogP contribution >= 0.6 is 27.5 Å². The highest BCUT2D eigenvalue weighted by atomic mass is 79.9. The maximum atomic E-state index is 8.87. The summed E-state index contributed by atoms with van der Waals surface area (Å²) in [6.45, 7) is 2.00. The molecular formula is C13H9BrClN3. The molecule has 0 aliphatic carbocycles. The minimum Gasteiger partial charge on any atom is -0.340 e. The van der Waals surface area contributed by atoms with Crippen LogP contribution in [-0.4, -0.2) is 4.98 Å². The Morgan fingerprint density at radius 3 is 2.72 bits per heavy atom. The summed E-state index contributed by atoms with van der Waals surface area (Å²) in [6, 6.07) is 11.2. The van der Waals surface area contributed by atoms with Crippen molar-refractivity contribution in [1.29, 1.82) is 5.26 Å². The van der Waals surface area contributed by atoms with Gasteiger partial charge in [0.2, 0.25) is 0 Å². The van der Waals surface area contributed by atoms with Crippen LogP contribution in [0.3, 0.4) is 0 Å². The standard InChI is InChI=1S/C13H9BrClN3/c1-8-2-10(14)6-11(3-8)17-13-5-9(7-16)4-12(15)18-13/h2-6H,1H3,(H,17,18). The summed E-state index contributed by atoms with van der Waals surface area (Å²) in [5.74, 6) is 0.552. The molecule has 0 aliphatic heterocycles. The van der Waals surface area contributed by atoms with Crippen LogP contribution in [0, 0.1) is 18.3 Å². The smallest absolute Gasteiger partial charge is 0.133 e. The molecule has 3 nitrogen and oxygen atoms in total. The lowest BCUT2D eigenvalue weighted by Gasteiger charge is -2.08. The van der Waals surface area contributed by atoms with Crippen LogP contribution in [0.4, 0.5) is 11.5 Å². The number of nitrogens with one attached hydrogen (secondary N) is 1. The molecule has 0 radical (unpaired) electrons. The van der Waals surface area contributed by atoms with Gasteiger partial charge in [-0.25, -0.2) is 4.98 Å². The first-order valence-corrected chi connectivity index (χ1v) is 6.36. The van der Waals surface area contributed by atoms with Crippen molar-refractivity contribution in [3.8, 4) is 6.07 Å². The number of benzene rings is 1. The lowest BCUT2D eigenvalue weighted by molar-refractivity contribution is 1.29. The van der Waals surface area contributed by atoms with Crippen LogP contribution in [0.5, 0.6) is 0 Å². The average Bonchev–Trinajstić information content (AvgIpc) is 2.26. The van der Waals surface area contributed by atoms with Gasteiger partial charge >= 0.3 is 0 Å². The van der Waals surface area contributed by atoms with Crippen molar-refractivity contribution in [2.75, 3.05) is 5.32 Å². The Morgan fingerprint density at radius 2 is 2.06 bits per heavy atom. The Morgan fingerprint density at radius 1 is 1.28 bits per heavy atom. The van der Waals surface area contributed by atoms with Crippen LogP contribution in [0.25, 0.3) is 0 Å². The quantitative estimate of drug-likeness (QED) is 0.833. The summed E-state index contributed by atoms with van der Waals surface area (Å²) >= 11 is 9.28. The van der Waals surface area contributed by atoms with Gasteiger partial charge in [0.25, 0.3) is 0 Å². The van der Waals surface area contributed by atoms with Gasteiger partial charge in [-0.05, 0) is 42.8 Å². The summed E-state index contributed by atoms with van der Waals surface area (Å²) < 4.78 is 0.979. The SMILES string of the molecule is Cc1cc(Br)cc(Nc2cc(C#N)cc(Cl)n2)c1. The third kappa shape index (κ3) is 3.22. The van der Waals surface area contributed by atoms with E-state index in [0.717, 1.165) is 15.7 Å². The van der Waals surface area contributed by atoms with Gasteiger partial charge in [0.05, 0.1) is 11.6 Å². The molecule has 0 amide bonds. The molecule has 0 saturated carbocycles. The fourth-order valence-corrected chi connectivity index (χ4v) is 2.40. The maximum Gasteiger partial charge on any atom is 0.133 e. The fourth-order valence-electron chi connectivity index (χ4n) is 1.58. The van der Waals surface area contributed by atoms with Gasteiger partial charge in [0.15, 0.2) is 0 Å². The van der Waals surface area contributed by atoms with Crippen molar-refractivity contribution >= 4 is 39.0 Å². The predicted molar refractivity (Wildman–Crippen MR) is 76.1 cm³/mol. The molecule has 1 N–H and O–H groups in total. The summed E-state index contributed by atoms with van der Waals surface area (Å²) in [5.41, 5.74) is 2.49. The molecule has 0 unspecified atom stereocenters. The van der Waals surface area contributed by atoms with Crippen molar-refractivity contribution < 1.29 is 0 Å². The van der Waals surface area contributed by atoms with Crippen LogP contribution in [0.2, 0.25) is 5.15 Å². The monoisotopic (exact) mass is 321 g/mol. The Hall–Kier alpha value is -1.57. The number of aromatic nitrogens is 1. The number of anilines is 2. The van der Waals surface area contributed by atoms with E-state index in [-0.39, 0.29) is 0 Å². The van der Waals surface area contributed by atoms with Crippen molar-refractivity contribution in [1.82, 2.24) is 4.98 Å². The molecular weight excluding hydrogens is 314 g/mol. The topological polar surface area (TPSA) is 48.7 Å². The number of aryl methyl sites for hydroxylation is 1. The predicted octanol–water partition coefficient (Wildman–Crippen LogP) is 4.42. The average molecular weight is 323 g/mol. The molecule has 2 rings (SSSR count). The Labute approximate surface area is 119 Å². The summed E-state index contributed by atoms with van der Waals surface area (Å²) in [4.78, 5) is 4.12. The number of rotatable bonds is 2. The van der Waals surface area contributed by atoms with Crippen LogP contribution in [-0.2, 0) is 0 Å². The minimum atomic E-state index is 0.295. The lowest BCUT2D eigenvalue weighted by Crippen LogP contribution is -1.95. The van der Waals surface area contributed by atoms with Crippen LogP contribution in [0.15, 0.2) is 34.8 Å². The van der Waals surface area contributed by atoms with Crippen molar-refractivity contribution in [2.45, 2.75) is 6.92 Å². The molecule has 1 aromatic heterocycles. The van der Waals surface area contributed by atoms with Gasteiger partial charge in [0, 0.05) is 10.2 Å². The van der Waals surface area contributed by atoms with Gasteiger partial charge in [-0.15, -0.1) is 0 Å². The first-order valence-electron chi connectivity index (χ1n) is 5.19. The van der Waals surface area contributed by atoms with Gasteiger partial charge < -0.3 is 5.32 Å². The molecule has 0 aliphatic rings. The third-order valence-corrected chi connectivity index (χ3v) is 2.89. The number of nitriles is 1. The minimum absolute atomic E-state index is 0.295. The Kier molecular flexibility index (Phi) is 3.85. The van der Waals surface area contributed by atoms with E-state index >= 15 is 0 Å². The van der Waals surface area contributed by atoms with Crippen molar-refractivity contribution in [2.24, 2.45) is 0 Å². The van der Waals surface area contributed by atoms with E-state index in [4.69, 9.17) is 16.9 Å². The zero-order valence-corrected chi connectivity index (χ0v) is 11.9. The molecule has 1 heterocycles. The lowest BCUT2D eigenvalue weighted by atomic mass is 10.2. The third-order valence-electron chi connectivity index (χ3n) is 2.24. The molecule has 0 saturated heterocycles. The number of pyridine rings is 1. The van der Waals surface area contributed by atoms with E-state index in [1.807, 2.05) is 31.2 Å². The van der Waals surface area contributed by atoms with Crippen LogP contribution in [0.1, 0.15) is 11.1 Å². The van der Waals surface area contributed by atoms with Crippen molar-refractivity contribution in [3.05, 3.63) is 51.1 Å². The number of nitrogens with zero attached hydrogens (tertiary/aromatic N) is 2. The molecule has 18 heavy (non-hydrogen) atoms. The largest absolute Gasteiger partial charge is 0.340 e. The first kappa shape index (κ1) is 12.9. The molecule has 0 spiro atoms. The molecule has 90 valence electrons. The summed E-state index contributed by atoms with van der Waals surface area (Å²) in [5, 5.41) is 12.3. The molecule has 0 bridgehead atoms. The molecule has 2 aromatic rings. The number of hydrogen-bond donors (Lipinski definition) is 1. The molecule has 1 aromatic carbocycles. The van der Waals surface area contributed by atoms with E-state index in [0.29, 0.717) is 16.5 Å². The summed E-state index contributed by atoms with van der Waals surface area (Å²) in [7, 11) is 0. The van der Waals surface area contributed by atoms with Crippen LogP contribution < -0.4 is 5.32 Å². The molecule has 0 atom stereocenters. The highest BCUT2D eigenvalue weighted by Gasteiger charge is 2.02. The second-order valence-corrected chi connectivity index (χ2v) is 5.12. The maximum absolute atomic E-state index is 8.87. The Balaban J connectivity index is 2.34. The second-order valence-electron chi connectivity index (χ2n) is 3.82. The normalized spacial score (nSPS) is 9.89. The first-order chi connectivity index (χ1) is 8.56. The van der Waals surface area contributed by atoms with Gasteiger partial charge in [0.1, 0.15) is 11.0 Å². The number of halogens is 2. The van der Waals surface area contributed by atoms with E-state index in [1.165, 1.54) is 6.07 Å². The van der Waals surface area contributed by atoms with E-state index in [2.05, 4.69) is 26.2 Å². The highest BCUT2D eigenvalue weighted by molar-refractivity contribution is 9.10. The van der Waals surface area contributed by atoms with E-state index in [1.54, 1.807) is 6.07 Å². The molecule has 0 fully saturated rings. The van der Waals surface area contributed by atoms with E-state index in [9.17, 15) is 0 Å². The zero-order chi connectivity index (χ0) is 13.1. The highest BCUT2D eigenvalue weighted by Crippen LogP contribution is 2.23. The summed E-state index contributed by atoms with van der Waals surface area (Å²) in [6.07, 6.45) is 0. The Bertz CT molecular complexity index is 614. The second kappa shape index (κ2) is 5.38. The molecule has 5 heteroatoms. The van der Waals surface area contributed by atoms with E-state index < -0.39 is 0 Å².